The molecule has 0 bridgehead atoms. The Bertz CT molecular complexity index is 676. The number of hydrogen-bond acceptors (Lipinski definition) is 3. The Morgan fingerprint density at radius 1 is 1.08 bits per heavy atom. The number of carbonyl (C=O) groups excluding carboxylic acids is 1. The molecule has 3 unspecified atom stereocenters. The van der Waals surface area contributed by atoms with E-state index >= 15 is 0 Å². The molecule has 25 heavy (non-hydrogen) atoms. The van der Waals surface area contributed by atoms with Gasteiger partial charge in [-0.05, 0) is 30.2 Å². The molecule has 2 aromatic carbocycles. The summed E-state index contributed by atoms with van der Waals surface area (Å²) in [6, 6.07) is 16.9. The highest BCUT2D eigenvalue weighted by atomic mass is 16.5. The molecule has 0 fully saturated rings. The predicted octanol–water partition coefficient (Wildman–Crippen LogP) is 3.22. The van der Waals surface area contributed by atoms with Crippen LogP contribution in [-0.2, 0) is 0 Å². The molecular formula is C20H26N2O3. The normalized spacial score (nSPS) is 14.2. The molecule has 0 aliphatic rings. The third kappa shape index (κ3) is 5.50. The monoisotopic (exact) mass is 342 g/mol. The second kappa shape index (κ2) is 9.08. The van der Waals surface area contributed by atoms with Gasteiger partial charge in [0.2, 0.25) is 0 Å². The minimum atomic E-state index is -0.789. The van der Waals surface area contributed by atoms with Crippen LogP contribution in [0.1, 0.15) is 37.0 Å². The van der Waals surface area contributed by atoms with Crippen LogP contribution >= 0.6 is 0 Å². The van der Waals surface area contributed by atoms with Crippen LogP contribution in [0, 0.1) is 0 Å². The molecule has 0 aromatic heterocycles. The number of nitrogens with one attached hydrogen (secondary N) is 2. The van der Waals surface area contributed by atoms with Gasteiger partial charge < -0.3 is 20.5 Å². The fourth-order valence-electron chi connectivity index (χ4n) is 2.58. The molecule has 3 atom stereocenters. The van der Waals surface area contributed by atoms with Crippen LogP contribution in [0.25, 0.3) is 0 Å². The zero-order chi connectivity index (χ0) is 18.2. The first-order chi connectivity index (χ1) is 12.0. The summed E-state index contributed by atoms with van der Waals surface area (Å²) in [6.07, 6.45) is -0.789. The van der Waals surface area contributed by atoms with Gasteiger partial charge in [-0.1, -0.05) is 49.4 Å². The Kier molecular flexibility index (Phi) is 6.83. The number of aliphatic hydroxyl groups excluding tert-OH is 1. The fourth-order valence-corrected chi connectivity index (χ4v) is 2.58. The second-order valence-electron chi connectivity index (χ2n) is 6.13. The summed E-state index contributed by atoms with van der Waals surface area (Å²) in [7, 11) is 1.58. The van der Waals surface area contributed by atoms with Crippen molar-refractivity contribution < 1.29 is 14.6 Å². The van der Waals surface area contributed by atoms with E-state index < -0.39 is 6.10 Å². The van der Waals surface area contributed by atoms with E-state index in [9.17, 15) is 9.90 Å². The van der Waals surface area contributed by atoms with Crippen molar-refractivity contribution in [3.05, 3.63) is 65.7 Å². The molecule has 2 rings (SSSR count). The molecule has 0 aliphatic heterocycles. The van der Waals surface area contributed by atoms with E-state index in [-0.39, 0.29) is 24.5 Å². The maximum atomic E-state index is 12.1. The summed E-state index contributed by atoms with van der Waals surface area (Å²) >= 11 is 0. The Balaban J connectivity index is 1.83. The zero-order valence-corrected chi connectivity index (χ0v) is 14.9. The lowest BCUT2D eigenvalue weighted by atomic mass is 9.95. The van der Waals surface area contributed by atoms with E-state index in [1.165, 1.54) is 5.56 Å². The van der Waals surface area contributed by atoms with Gasteiger partial charge >= 0.3 is 6.03 Å². The van der Waals surface area contributed by atoms with Crippen LogP contribution in [-0.4, -0.2) is 30.8 Å². The number of benzene rings is 2. The van der Waals surface area contributed by atoms with Crippen molar-refractivity contribution in [1.82, 2.24) is 10.6 Å². The topological polar surface area (TPSA) is 70.6 Å². The number of rotatable bonds is 7. The number of aliphatic hydroxyl groups is 1. The molecule has 5 heteroatoms. The van der Waals surface area contributed by atoms with Crippen molar-refractivity contribution >= 4 is 6.03 Å². The Morgan fingerprint density at radius 2 is 1.76 bits per heavy atom. The van der Waals surface area contributed by atoms with Crippen molar-refractivity contribution in [1.29, 1.82) is 0 Å². The van der Waals surface area contributed by atoms with Crippen LogP contribution in [0.5, 0.6) is 5.75 Å². The van der Waals surface area contributed by atoms with E-state index in [1.807, 2.05) is 43.3 Å². The number of amides is 2. The lowest BCUT2D eigenvalue weighted by molar-refractivity contribution is 0.172. The van der Waals surface area contributed by atoms with Gasteiger partial charge in [0, 0.05) is 18.5 Å². The first kappa shape index (κ1) is 18.8. The maximum Gasteiger partial charge on any atom is 0.315 e. The van der Waals surface area contributed by atoms with Gasteiger partial charge in [0.05, 0.1) is 13.2 Å². The minimum absolute atomic E-state index is 0.0311. The molecule has 5 nitrogen and oxygen atoms in total. The smallest absolute Gasteiger partial charge is 0.315 e. The second-order valence-corrected chi connectivity index (χ2v) is 6.13. The highest BCUT2D eigenvalue weighted by Gasteiger charge is 2.17. The third-order valence-corrected chi connectivity index (χ3v) is 4.37. The van der Waals surface area contributed by atoms with E-state index in [0.29, 0.717) is 11.3 Å². The van der Waals surface area contributed by atoms with Gasteiger partial charge in [0.15, 0.2) is 0 Å². The summed E-state index contributed by atoms with van der Waals surface area (Å²) in [4.78, 5) is 12.1. The predicted molar refractivity (Wildman–Crippen MR) is 98.8 cm³/mol. The number of urea groups is 1. The van der Waals surface area contributed by atoms with E-state index in [1.54, 1.807) is 25.3 Å². The van der Waals surface area contributed by atoms with Crippen LogP contribution < -0.4 is 15.4 Å². The van der Waals surface area contributed by atoms with Crippen LogP contribution in [0.2, 0.25) is 0 Å². The van der Waals surface area contributed by atoms with E-state index in [4.69, 9.17) is 4.74 Å². The van der Waals surface area contributed by atoms with Gasteiger partial charge in [-0.25, -0.2) is 4.79 Å². The standard InChI is InChI=1S/C20H26N2O3/c1-14(16-8-5-4-6-9-16)15(2)22-20(24)21-13-19(23)17-10-7-11-18(12-17)25-3/h4-12,14-15,19,23H,13H2,1-3H3,(H2,21,22,24). The van der Waals surface area contributed by atoms with Crippen molar-refractivity contribution in [2.24, 2.45) is 0 Å². The molecule has 0 aliphatic carbocycles. The van der Waals surface area contributed by atoms with Gasteiger partial charge in [-0.3, -0.25) is 0 Å². The Morgan fingerprint density at radius 3 is 2.44 bits per heavy atom. The average molecular weight is 342 g/mol. The summed E-state index contributed by atoms with van der Waals surface area (Å²) in [5.74, 6) is 0.863. The molecule has 0 spiro atoms. The maximum absolute atomic E-state index is 12.1. The average Bonchev–Trinajstić information content (AvgIpc) is 2.66. The Labute approximate surface area is 149 Å². The number of carbonyl (C=O) groups is 1. The lowest BCUT2D eigenvalue weighted by Gasteiger charge is -2.22. The molecule has 0 saturated carbocycles. The zero-order valence-electron chi connectivity index (χ0n) is 14.9. The van der Waals surface area contributed by atoms with Crippen molar-refractivity contribution in [2.45, 2.75) is 31.9 Å². The summed E-state index contributed by atoms with van der Waals surface area (Å²) < 4.78 is 5.14. The number of methoxy groups -OCH3 is 1. The Hall–Kier alpha value is -2.53. The van der Waals surface area contributed by atoms with E-state index in [2.05, 4.69) is 17.6 Å². The van der Waals surface area contributed by atoms with Gasteiger partial charge in [0.1, 0.15) is 5.75 Å². The van der Waals surface area contributed by atoms with Crippen LogP contribution in [0.15, 0.2) is 54.6 Å². The van der Waals surface area contributed by atoms with E-state index in [0.717, 1.165) is 0 Å². The van der Waals surface area contributed by atoms with Crippen LogP contribution in [0.3, 0.4) is 0 Å². The number of ether oxygens (including phenoxy) is 1. The first-order valence-electron chi connectivity index (χ1n) is 8.42. The highest BCUT2D eigenvalue weighted by Crippen LogP contribution is 2.19. The molecule has 0 saturated heterocycles. The largest absolute Gasteiger partial charge is 0.497 e. The van der Waals surface area contributed by atoms with Crippen molar-refractivity contribution in [2.75, 3.05) is 13.7 Å². The summed E-state index contributed by atoms with van der Waals surface area (Å²) in [6.45, 7) is 4.17. The summed E-state index contributed by atoms with van der Waals surface area (Å²) in [5, 5.41) is 15.8. The molecule has 2 aromatic rings. The van der Waals surface area contributed by atoms with Gasteiger partial charge in [-0.2, -0.15) is 0 Å². The summed E-state index contributed by atoms with van der Waals surface area (Å²) in [5.41, 5.74) is 1.87. The molecule has 3 N–H and O–H groups in total. The van der Waals surface area contributed by atoms with Crippen LogP contribution in [0.4, 0.5) is 4.79 Å². The lowest BCUT2D eigenvalue weighted by Crippen LogP contribution is -2.44. The quantitative estimate of drug-likeness (QED) is 0.723. The molecule has 0 heterocycles. The third-order valence-electron chi connectivity index (χ3n) is 4.37. The van der Waals surface area contributed by atoms with Crippen molar-refractivity contribution in [3.8, 4) is 5.75 Å². The molecule has 134 valence electrons. The van der Waals surface area contributed by atoms with Crippen molar-refractivity contribution in [3.63, 3.8) is 0 Å². The highest BCUT2D eigenvalue weighted by molar-refractivity contribution is 5.74. The minimum Gasteiger partial charge on any atom is -0.497 e. The molecule has 2 amide bonds. The first-order valence-corrected chi connectivity index (χ1v) is 8.42. The number of hydrogen-bond donors (Lipinski definition) is 3. The molecular weight excluding hydrogens is 316 g/mol. The SMILES string of the molecule is COc1cccc(C(O)CNC(=O)NC(C)C(C)c2ccccc2)c1. The molecule has 0 radical (unpaired) electrons. The van der Waals surface area contributed by atoms with Gasteiger partial charge in [-0.15, -0.1) is 0 Å². The fraction of sp³-hybridized carbons (Fsp3) is 0.350. The van der Waals surface area contributed by atoms with Gasteiger partial charge in [0.25, 0.3) is 0 Å².